The van der Waals surface area contributed by atoms with Crippen molar-refractivity contribution in [2.45, 2.75) is 90.0 Å². The summed E-state index contributed by atoms with van der Waals surface area (Å²) >= 11 is 0. The van der Waals surface area contributed by atoms with Crippen LogP contribution in [0.3, 0.4) is 0 Å². The number of hydrogen-bond donors (Lipinski definition) is 3. The van der Waals surface area contributed by atoms with E-state index in [1.54, 1.807) is 0 Å². The van der Waals surface area contributed by atoms with Gasteiger partial charge in [0, 0.05) is 33.9 Å². The Balaban J connectivity index is 1.17. The maximum absolute atomic E-state index is 14.8. The molecule has 0 aromatic heterocycles. The van der Waals surface area contributed by atoms with Gasteiger partial charge >= 0.3 is 6.03 Å². The molecule has 2 amide bonds. The number of fused-ring (bicyclic) bond motifs is 1. The summed E-state index contributed by atoms with van der Waals surface area (Å²) in [5, 5.41) is 27.3. The summed E-state index contributed by atoms with van der Waals surface area (Å²) in [4.78, 5) is 30.8. The Kier molecular flexibility index (Phi) is 8.23. The van der Waals surface area contributed by atoms with Crippen LogP contribution in [-0.2, 0) is 6.54 Å². The van der Waals surface area contributed by atoms with E-state index in [-0.39, 0.29) is 47.1 Å². The molecule has 3 saturated carbocycles. The number of allylic oxidation sites excluding steroid dienone is 4. The van der Waals surface area contributed by atoms with Gasteiger partial charge in [-0.25, -0.2) is 4.79 Å². The van der Waals surface area contributed by atoms with Crippen LogP contribution in [0.1, 0.15) is 93.2 Å². The van der Waals surface area contributed by atoms with Crippen LogP contribution >= 0.6 is 0 Å². The second kappa shape index (κ2) is 12.3. The van der Waals surface area contributed by atoms with E-state index in [0.717, 1.165) is 48.8 Å². The summed E-state index contributed by atoms with van der Waals surface area (Å²) in [7, 11) is 0. The Morgan fingerprint density at radius 3 is 2.14 bits per heavy atom. The molecule has 3 N–H and O–H groups in total. The number of nitrogens with zero attached hydrogens (tertiary/aromatic N) is 1. The molecule has 6 aliphatic carbocycles. The van der Waals surface area contributed by atoms with Crippen LogP contribution in [0.2, 0.25) is 0 Å². The number of carbonyl (C=O) groups excluding carboxylic acids is 2. The number of benzene rings is 3. The highest BCUT2D eigenvalue weighted by Gasteiger charge is 2.74. The maximum Gasteiger partial charge on any atom is 0.318 e. The van der Waals surface area contributed by atoms with Crippen molar-refractivity contribution in [2.24, 2.45) is 33.5 Å². The minimum atomic E-state index is -1.16. The molecule has 6 aliphatic rings. The largest absolute Gasteiger partial charge is 0.393 e. The van der Waals surface area contributed by atoms with Gasteiger partial charge in [-0.05, 0) is 80.2 Å². The SMILES string of the molecule is C[C@@H](NC(=O)N(Cc1ccccc1)C[C@]1(O)CC[C@H]2[C@]34C=C[C@@]5(C=C3C(=O)c3ccccc3)CC(O)CC[C@]5(C)[C@H]4CC[C@@]21C)c1ccccc1. The lowest BCUT2D eigenvalue weighted by Gasteiger charge is -2.71. The minimum Gasteiger partial charge on any atom is -0.393 e. The highest BCUT2D eigenvalue weighted by Crippen LogP contribution is 2.78. The molecule has 3 fully saturated rings. The van der Waals surface area contributed by atoms with Gasteiger partial charge in [0.1, 0.15) is 0 Å². The first-order valence-corrected chi connectivity index (χ1v) is 19.0. The second-order valence-electron chi connectivity index (χ2n) is 16.9. The fourth-order valence-electron chi connectivity index (χ4n) is 11.8. The van der Waals surface area contributed by atoms with Crippen molar-refractivity contribution in [2.75, 3.05) is 6.54 Å². The Hall–Kier alpha value is -4.00. The van der Waals surface area contributed by atoms with Crippen LogP contribution in [0.25, 0.3) is 0 Å². The number of aliphatic hydroxyl groups is 2. The number of Topliss-reactive ketones (excluding diaryl/α,β-unsaturated/α-hetero) is 1. The van der Waals surface area contributed by atoms with Crippen molar-refractivity contribution in [1.29, 1.82) is 0 Å². The highest BCUT2D eigenvalue weighted by molar-refractivity contribution is 6.10. The first-order chi connectivity index (χ1) is 24.4. The van der Waals surface area contributed by atoms with Gasteiger partial charge in [0.2, 0.25) is 0 Å². The average molecular weight is 685 g/mol. The van der Waals surface area contributed by atoms with E-state index in [2.05, 4.69) is 37.4 Å². The summed E-state index contributed by atoms with van der Waals surface area (Å²) < 4.78 is 0. The zero-order chi connectivity index (χ0) is 35.6. The zero-order valence-corrected chi connectivity index (χ0v) is 30.2. The molecule has 3 aromatic rings. The standard InChI is InChI=1S/C45H52N2O4/c1-31(33-15-9-5-10-16-33)46-40(50)47(29-32-13-7-4-8-14-32)30-44(51)24-21-38-42(44,3)23-20-37-41(2)22-19-35(48)27-43(41)25-26-45(37,38)36(28-43)39(49)34-17-11-6-12-18-34/h4-18,25-26,28,31,35,37-38,48,51H,19-24,27,29-30H2,1-3H3,(H,46,50)/t31-,35?,37-,38-,41-,42+,43+,44-,45-/m1/s1. The van der Waals surface area contributed by atoms with Crippen LogP contribution < -0.4 is 5.32 Å². The molecule has 2 bridgehead atoms. The smallest absolute Gasteiger partial charge is 0.318 e. The zero-order valence-electron chi connectivity index (χ0n) is 30.2. The Bertz CT molecular complexity index is 1860. The number of urea groups is 1. The predicted molar refractivity (Wildman–Crippen MR) is 200 cm³/mol. The third kappa shape index (κ3) is 5.11. The lowest BCUT2D eigenvalue weighted by molar-refractivity contribution is -0.174. The van der Waals surface area contributed by atoms with Gasteiger partial charge < -0.3 is 20.4 Å². The number of amides is 2. The van der Waals surface area contributed by atoms with Crippen molar-refractivity contribution in [3.63, 3.8) is 0 Å². The van der Waals surface area contributed by atoms with Crippen LogP contribution in [0.4, 0.5) is 4.79 Å². The molecule has 0 aliphatic heterocycles. The van der Waals surface area contributed by atoms with E-state index in [4.69, 9.17) is 0 Å². The lowest BCUT2D eigenvalue weighted by Crippen LogP contribution is -2.67. The minimum absolute atomic E-state index is 0.00997. The molecule has 266 valence electrons. The van der Waals surface area contributed by atoms with Gasteiger partial charge in [-0.2, -0.15) is 0 Å². The van der Waals surface area contributed by atoms with E-state index < -0.39 is 22.5 Å². The van der Waals surface area contributed by atoms with Gasteiger partial charge in [0.15, 0.2) is 5.78 Å². The number of rotatable bonds is 8. The fraction of sp³-hybridized carbons (Fsp3) is 0.467. The quantitative estimate of drug-likeness (QED) is 0.164. The summed E-state index contributed by atoms with van der Waals surface area (Å²) in [6.45, 7) is 7.22. The summed E-state index contributed by atoms with van der Waals surface area (Å²) in [5.74, 6) is 0.285. The van der Waals surface area contributed by atoms with Crippen molar-refractivity contribution in [1.82, 2.24) is 10.2 Å². The lowest BCUT2D eigenvalue weighted by atomic mass is 9.32. The van der Waals surface area contributed by atoms with Gasteiger partial charge in [-0.3, -0.25) is 4.79 Å². The number of ketones is 1. The first-order valence-electron chi connectivity index (χ1n) is 19.0. The summed E-state index contributed by atoms with van der Waals surface area (Å²) in [5.41, 5.74) is 0.840. The second-order valence-corrected chi connectivity index (χ2v) is 16.9. The first kappa shape index (κ1) is 34.1. The van der Waals surface area contributed by atoms with Gasteiger partial charge in [-0.15, -0.1) is 0 Å². The molecule has 0 radical (unpaired) electrons. The van der Waals surface area contributed by atoms with Crippen LogP contribution in [0, 0.1) is 33.5 Å². The van der Waals surface area contributed by atoms with Gasteiger partial charge in [-0.1, -0.05) is 123 Å². The van der Waals surface area contributed by atoms with Crippen LogP contribution in [-0.4, -0.2) is 45.2 Å². The number of hydrogen-bond acceptors (Lipinski definition) is 4. The molecule has 3 aromatic carbocycles. The Morgan fingerprint density at radius 1 is 0.824 bits per heavy atom. The summed E-state index contributed by atoms with van der Waals surface area (Å²) in [6, 6.07) is 29.2. The number of carbonyl (C=O) groups is 2. The van der Waals surface area contributed by atoms with Crippen molar-refractivity contribution in [3.8, 4) is 0 Å². The van der Waals surface area contributed by atoms with Crippen LogP contribution in [0.15, 0.2) is 115 Å². The molecule has 51 heavy (non-hydrogen) atoms. The molecule has 0 heterocycles. The Morgan fingerprint density at radius 2 is 1.43 bits per heavy atom. The van der Waals surface area contributed by atoms with Crippen LogP contribution in [0.5, 0.6) is 0 Å². The molecule has 6 nitrogen and oxygen atoms in total. The number of aliphatic hydroxyl groups excluding tert-OH is 1. The average Bonchev–Trinajstić information content (AvgIpc) is 3.41. The van der Waals surface area contributed by atoms with Crippen molar-refractivity contribution in [3.05, 3.63) is 131 Å². The normalized spacial score (nSPS) is 36.6. The highest BCUT2D eigenvalue weighted by atomic mass is 16.3. The van der Waals surface area contributed by atoms with Crippen molar-refractivity contribution < 1.29 is 19.8 Å². The van der Waals surface area contributed by atoms with E-state index in [9.17, 15) is 19.8 Å². The third-order valence-electron chi connectivity index (χ3n) is 14.6. The summed E-state index contributed by atoms with van der Waals surface area (Å²) in [6.07, 6.45) is 11.9. The molecular weight excluding hydrogens is 633 g/mol. The maximum atomic E-state index is 14.8. The van der Waals surface area contributed by atoms with Gasteiger partial charge in [0.05, 0.1) is 24.3 Å². The Labute approximate surface area is 302 Å². The molecule has 6 heteroatoms. The van der Waals surface area contributed by atoms with E-state index >= 15 is 0 Å². The third-order valence-corrected chi connectivity index (χ3v) is 14.6. The molecule has 9 atom stereocenters. The monoisotopic (exact) mass is 684 g/mol. The molecule has 9 rings (SSSR count). The molecular formula is C45H52N2O4. The molecule has 0 saturated heterocycles. The van der Waals surface area contributed by atoms with Gasteiger partial charge in [0.25, 0.3) is 0 Å². The van der Waals surface area contributed by atoms with Crippen molar-refractivity contribution >= 4 is 11.8 Å². The topological polar surface area (TPSA) is 89.9 Å². The molecule has 1 unspecified atom stereocenters. The molecule has 2 spiro atoms. The van der Waals surface area contributed by atoms with E-state index in [1.807, 2.05) is 103 Å². The number of nitrogens with one attached hydrogen (secondary N) is 1. The van der Waals surface area contributed by atoms with E-state index in [0.29, 0.717) is 24.9 Å². The fourth-order valence-corrected chi connectivity index (χ4v) is 11.8. The predicted octanol–water partition coefficient (Wildman–Crippen LogP) is 8.43. The van der Waals surface area contributed by atoms with E-state index in [1.165, 1.54) is 0 Å².